The Balaban J connectivity index is 2.88. The van der Waals surface area contributed by atoms with Gasteiger partial charge >= 0.3 is 6.18 Å². The van der Waals surface area contributed by atoms with Crippen molar-refractivity contribution in [3.8, 4) is 0 Å². The predicted molar refractivity (Wildman–Crippen MR) is 73.5 cm³/mol. The topological polar surface area (TPSA) is 23.5 Å². The van der Waals surface area contributed by atoms with Gasteiger partial charge in [0.1, 0.15) is 0 Å². The van der Waals surface area contributed by atoms with Crippen molar-refractivity contribution in [2.75, 3.05) is 6.54 Å². The summed E-state index contributed by atoms with van der Waals surface area (Å²) in [5, 5.41) is 10.3. The van der Waals surface area contributed by atoms with E-state index in [-0.39, 0.29) is 6.04 Å². The van der Waals surface area contributed by atoms with Crippen molar-refractivity contribution in [1.29, 1.82) is 0 Å². The van der Waals surface area contributed by atoms with Crippen molar-refractivity contribution in [2.24, 2.45) is 0 Å². The van der Waals surface area contributed by atoms with Crippen molar-refractivity contribution in [2.45, 2.75) is 52.1 Å². The standard InChI is InChI=1S/C15H22F3NO/c1-10(2)19(9-15(16,17)18)12(4)14(20)13-7-5-11(3)6-8-13/h5-8,10,12,14,20H,9H2,1-4H3. The molecule has 1 rings (SSSR count). The average Bonchev–Trinajstić information content (AvgIpc) is 2.34. The number of benzene rings is 1. The van der Waals surface area contributed by atoms with Gasteiger partial charge in [-0.2, -0.15) is 13.2 Å². The Morgan fingerprint density at radius 2 is 1.60 bits per heavy atom. The number of halogens is 3. The molecule has 0 spiro atoms. The van der Waals surface area contributed by atoms with E-state index in [2.05, 4.69) is 0 Å². The van der Waals surface area contributed by atoms with Gasteiger partial charge in [-0.3, -0.25) is 4.90 Å². The molecule has 0 saturated carbocycles. The first-order valence-corrected chi connectivity index (χ1v) is 6.69. The zero-order valence-electron chi connectivity index (χ0n) is 12.3. The summed E-state index contributed by atoms with van der Waals surface area (Å²) in [6.45, 7) is 5.92. The fraction of sp³-hybridized carbons (Fsp3) is 0.600. The van der Waals surface area contributed by atoms with Crippen LogP contribution in [0.5, 0.6) is 0 Å². The van der Waals surface area contributed by atoms with Crippen LogP contribution in [0.15, 0.2) is 24.3 Å². The van der Waals surface area contributed by atoms with E-state index in [0.717, 1.165) is 5.56 Å². The first-order valence-electron chi connectivity index (χ1n) is 6.69. The van der Waals surface area contributed by atoms with Crippen LogP contribution in [-0.4, -0.2) is 34.8 Å². The van der Waals surface area contributed by atoms with Gasteiger partial charge in [0.25, 0.3) is 0 Å². The van der Waals surface area contributed by atoms with Gasteiger partial charge < -0.3 is 5.11 Å². The molecule has 20 heavy (non-hydrogen) atoms. The van der Waals surface area contributed by atoms with Gasteiger partial charge in [0, 0.05) is 12.1 Å². The SMILES string of the molecule is Cc1ccc(C(O)C(C)N(CC(F)(F)F)C(C)C)cc1. The Hall–Kier alpha value is -1.07. The molecular formula is C15H22F3NO. The van der Waals surface area contributed by atoms with E-state index in [1.54, 1.807) is 32.9 Å². The number of hydrogen-bond acceptors (Lipinski definition) is 2. The van der Waals surface area contributed by atoms with Crippen molar-refractivity contribution in [3.63, 3.8) is 0 Å². The van der Waals surface area contributed by atoms with E-state index in [1.807, 2.05) is 19.1 Å². The molecule has 0 aliphatic heterocycles. The summed E-state index contributed by atoms with van der Waals surface area (Å²) in [6, 6.07) is 6.28. The number of hydrogen-bond donors (Lipinski definition) is 1. The summed E-state index contributed by atoms with van der Waals surface area (Å²) >= 11 is 0. The van der Waals surface area contributed by atoms with Crippen molar-refractivity contribution in [3.05, 3.63) is 35.4 Å². The van der Waals surface area contributed by atoms with Crippen LogP contribution in [0.25, 0.3) is 0 Å². The Bertz CT molecular complexity index is 414. The quantitative estimate of drug-likeness (QED) is 0.893. The lowest BCUT2D eigenvalue weighted by Crippen LogP contribution is -2.47. The molecule has 0 radical (unpaired) electrons. The number of alkyl halides is 3. The fourth-order valence-corrected chi connectivity index (χ4v) is 2.23. The number of nitrogens with zero attached hydrogens (tertiary/aromatic N) is 1. The second kappa shape index (κ2) is 6.59. The van der Waals surface area contributed by atoms with Crippen LogP contribution < -0.4 is 0 Å². The predicted octanol–water partition coefficient (Wildman–Crippen LogP) is 3.69. The molecule has 0 bridgehead atoms. The molecule has 1 N–H and O–H groups in total. The molecule has 2 unspecified atom stereocenters. The molecule has 2 atom stereocenters. The largest absolute Gasteiger partial charge is 0.401 e. The van der Waals surface area contributed by atoms with Crippen LogP contribution in [0.4, 0.5) is 13.2 Å². The fourth-order valence-electron chi connectivity index (χ4n) is 2.23. The molecule has 2 nitrogen and oxygen atoms in total. The van der Waals surface area contributed by atoms with Crippen LogP contribution in [0.2, 0.25) is 0 Å². The Labute approximate surface area is 118 Å². The molecule has 1 aromatic rings. The summed E-state index contributed by atoms with van der Waals surface area (Å²) in [4.78, 5) is 1.27. The molecule has 0 amide bonds. The first-order chi connectivity index (χ1) is 9.11. The van der Waals surface area contributed by atoms with Crippen LogP contribution in [0.3, 0.4) is 0 Å². The van der Waals surface area contributed by atoms with Gasteiger partial charge in [-0.25, -0.2) is 0 Å². The van der Waals surface area contributed by atoms with E-state index in [4.69, 9.17) is 0 Å². The van der Waals surface area contributed by atoms with Gasteiger partial charge in [-0.05, 0) is 33.3 Å². The summed E-state index contributed by atoms with van der Waals surface area (Å²) in [7, 11) is 0. The first kappa shape index (κ1) is 17.0. The molecule has 0 saturated heterocycles. The molecule has 5 heteroatoms. The second-order valence-corrected chi connectivity index (χ2v) is 5.48. The van der Waals surface area contributed by atoms with Gasteiger partial charge in [0.2, 0.25) is 0 Å². The Morgan fingerprint density at radius 1 is 1.10 bits per heavy atom. The maximum absolute atomic E-state index is 12.6. The third-order valence-electron chi connectivity index (χ3n) is 3.42. The summed E-state index contributed by atoms with van der Waals surface area (Å²) in [5.41, 5.74) is 1.68. The maximum atomic E-state index is 12.6. The van der Waals surface area contributed by atoms with Crippen molar-refractivity contribution >= 4 is 0 Å². The highest BCUT2D eigenvalue weighted by Crippen LogP contribution is 2.26. The number of aryl methyl sites for hydroxylation is 1. The lowest BCUT2D eigenvalue weighted by molar-refractivity contribution is -0.159. The van der Waals surface area contributed by atoms with Crippen molar-refractivity contribution < 1.29 is 18.3 Å². The van der Waals surface area contributed by atoms with Crippen molar-refractivity contribution in [1.82, 2.24) is 4.90 Å². The molecule has 0 heterocycles. The maximum Gasteiger partial charge on any atom is 0.401 e. The molecule has 0 aliphatic carbocycles. The number of aliphatic hydroxyl groups is 1. The van der Waals surface area contributed by atoms with E-state index < -0.39 is 24.9 Å². The normalized spacial score (nSPS) is 15.7. The van der Waals surface area contributed by atoms with E-state index in [1.165, 1.54) is 4.90 Å². The highest BCUT2D eigenvalue weighted by molar-refractivity contribution is 5.24. The lowest BCUT2D eigenvalue weighted by atomic mass is 10.00. The minimum Gasteiger partial charge on any atom is -0.387 e. The molecule has 114 valence electrons. The molecule has 1 aromatic carbocycles. The number of rotatable bonds is 5. The van der Waals surface area contributed by atoms with Gasteiger partial charge in [-0.15, -0.1) is 0 Å². The summed E-state index contributed by atoms with van der Waals surface area (Å²) in [6.07, 6.45) is -5.22. The van der Waals surface area contributed by atoms with Crippen LogP contribution in [0, 0.1) is 6.92 Å². The monoisotopic (exact) mass is 289 g/mol. The second-order valence-electron chi connectivity index (χ2n) is 5.48. The smallest absolute Gasteiger partial charge is 0.387 e. The Kier molecular flexibility index (Phi) is 5.59. The summed E-state index contributed by atoms with van der Waals surface area (Å²) < 4.78 is 37.9. The highest BCUT2D eigenvalue weighted by Gasteiger charge is 2.36. The number of aliphatic hydroxyl groups excluding tert-OH is 1. The van der Waals surface area contributed by atoms with Gasteiger partial charge in [0.05, 0.1) is 12.6 Å². The Morgan fingerprint density at radius 3 is 2.00 bits per heavy atom. The minimum atomic E-state index is -4.27. The third-order valence-corrected chi connectivity index (χ3v) is 3.42. The van der Waals surface area contributed by atoms with Crippen LogP contribution in [0.1, 0.15) is 38.0 Å². The summed E-state index contributed by atoms with van der Waals surface area (Å²) in [5.74, 6) is 0. The zero-order valence-corrected chi connectivity index (χ0v) is 12.3. The van der Waals surface area contributed by atoms with E-state index in [9.17, 15) is 18.3 Å². The third kappa shape index (κ3) is 4.80. The molecular weight excluding hydrogens is 267 g/mol. The van der Waals surface area contributed by atoms with Crippen LogP contribution in [-0.2, 0) is 0 Å². The van der Waals surface area contributed by atoms with Gasteiger partial charge in [0.15, 0.2) is 0 Å². The minimum absolute atomic E-state index is 0.299. The van der Waals surface area contributed by atoms with E-state index in [0.29, 0.717) is 5.56 Å². The van der Waals surface area contributed by atoms with Gasteiger partial charge in [-0.1, -0.05) is 29.8 Å². The molecule has 0 aromatic heterocycles. The van der Waals surface area contributed by atoms with E-state index >= 15 is 0 Å². The average molecular weight is 289 g/mol. The highest BCUT2D eigenvalue weighted by atomic mass is 19.4. The molecule has 0 fully saturated rings. The zero-order chi connectivity index (χ0) is 15.5. The lowest BCUT2D eigenvalue weighted by Gasteiger charge is -2.36. The molecule has 0 aliphatic rings. The van der Waals surface area contributed by atoms with Crippen LogP contribution >= 0.6 is 0 Å².